The topological polar surface area (TPSA) is 61.4 Å². The average Bonchev–Trinajstić information content (AvgIpc) is 4.02. The lowest BCUT2D eigenvalue weighted by Gasteiger charge is -2.13. The Balaban J connectivity index is 1.04. The Hall–Kier alpha value is -8.26. The van der Waals surface area contributed by atoms with Gasteiger partial charge in [0.25, 0.3) is 0 Å². The monoisotopic (exact) mass is 822 g/mol. The second-order valence-corrected chi connectivity index (χ2v) is 16.9. The maximum Gasteiger partial charge on any atom is 0.179 e. The third-order valence-electron chi connectivity index (χ3n) is 12.2. The average molecular weight is 823 g/mol. The van der Waals surface area contributed by atoms with Crippen LogP contribution in [-0.2, 0) is 0 Å². The van der Waals surface area contributed by atoms with Gasteiger partial charge >= 0.3 is 0 Å². The van der Waals surface area contributed by atoms with E-state index in [1.54, 1.807) is 0 Å². The Kier molecular flexibility index (Phi) is 7.98. The molecule has 0 bridgehead atoms. The van der Waals surface area contributed by atoms with E-state index in [4.69, 9.17) is 19.9 Å². The lowest BCUT2D eigenvalue weighted by atomic mass is 10.1. The molecule has 0 saturated heterocycles. The number of rotatable bonds is 6. The summed E-state index contributed by atoms with van der Waals surface area (Å²) >= 11 is 1.83. The number of hydrogen-bond acceptors (Lipinski definition) is 5. The van der Waals surface area contributed by atoms with Gasteiger partial charge in [0.05, 0.1) is 39.1 Å². The molecular weight excluding hydrogens is 789 g/mol. The van der Waals surface area contributed by atoms with Crippen LogP contribution in [0.15, 0.2) is 206 Å². The Morgan fingerprint density at radius 1 is 0.302 bits per heavy atom. The second-order valence-electron chi connectivity index (χ2n) is 15.8. The first kappa shape index (κ1) is 35.5. The van der Waals surface area contributed by atoms with E-state index in [-0.39, 0.29) is 0 Å². The largest absolute Gasteiger partial charge is 0.292 e. The molecular formula is C56H34N6S. The Bertz CT molecular complexity index is 3860. The van der Waals surface area contributed by atoms with Crippen LogP contribution in [0.25, 0.3) is 121 Å². The van der Waals surface area contributed by atoms with Gasteiger partial charge in [-0.15, -0.1) is 11.3 Å². The highest BCUT2D eigenvalue weighted by Gasteiger charge is 2.23. The molecule has 0 aliphatic rings. The quantitative estimate of drug-likeness (QED) is 0.168. The van der Waals surface area contributed by atoms with E-state index in [1.807, 2.05) is 53.8 Å². The zero-order valence-corrected chi connectivity index (χ0v) is 34.5. The summed E-state index contributed by atoms with van der Waals surface area (Å²) in [5.74, 6) is 2.18. The first-order chi connectivity index (χ1) is 31.2. The van der Waals surface area contributed by atoms with E-state index < -0.39 is 0 Å². The van der Waals surface area contributed by atoms with Gasteiger partial charge in [-0.3, -0.25) is 9.13 Å². The number of fused-ring (bicyclic) bond motifs is 10. The molecule has 63 heavy (non-hydrogen) atoms. The zero-order chi connectivity index (χ0) is 41.4. The van der Waals surface area contributed by atoms with Crippen molar-refractivity contribution in [3.05, 3.63) is 206 Å². The summed E-state index contributed by atoms with van der Waals surface area (Å²) in [6, 6.07) is 72.3. The van der Waals surface area contributed by atoms with Crippen LogP contribution in [-0.4, -0.2) is 29.1 Å². The summed E-state index contributed by atoms with van der Waals surface area (Å²) in [5.41, 5.74) is 10.7. The SMILES string of the molecule is c1ccc(-c2cc(-c3ccccc3)nc(-c3cccc(-n4c5ccccc5c5ccc6c7ccccc7n(-c7cccc(-c8ccc9c(c8)sc8ccccc89)n7)c6c54)n3)n2)cc1. The molecule has 0 saturated carbocycles. The van der Waals surface area contributed by atoms with Crippen molar-refractivity contribution in [2.75, 3.05) is 0 Å². The molecule has 0 atom stereocenters. The van der Waals surface area contributed by atoms with Crippen molar-refractivity contribution in [2.45, 2.75) is 0 Å². The number of thiophene rings is 1. The van der Waals surface area contributed by atoms with Gasteiger partial charge in [0.1, 0.15) is 17.3 Å². The van der Waals surface area contributed by atoms with Crippen molar-refractivity contribution < 1.29 is 0 Å². The van der Waals surface area contributed by atoms with E-state index in [1.165, 1.54) is 20.2 Å². The Labute approximate surface area is 365 Å². The third kappa shape index (κ3) is 5.71. The highest BCUT2D eigenvalue weighted by molar-refractivity contribution is 7.25. The van der Waals surface area contributed by atoms with Gasteiger partial charge in [-0.1, -0.05) is 152 Å². The van der Waals surface area contributed by atoms with Crippen LogP contribution in [0.5, 0.6) is 0 Å². The van der Waals surface area contributed by atoms with Gasteiger partial charge in [-0.05, 0) is 54.6 Å². The second kappa shape index (κ2) is 14.2. The van der Waals surface area contributed by atoms with Gasteiger partial charge in [0.2, 0.25) is 0 Å². The normalized spacial score (nSPS) is 11.8. The highest BCUT2D eigenvalue weighted by Crippen LogP contribution is 2.42. The summed E-state index contributed by atoms with van der Waals surface area (Å²) in [6.07, 6.45) is 0. The molecule has 7 heteroatoms. The first-order valence-corrected chi connectivity index (χ1v) is 21.9. The number of benzene rings is 7. The number of aromatic nitrogens is 6. The fraction of sp³-hybridized carbons (Fsp3) is 0. The van der Waals surface area contributed by atoms with E-state index in [9.17, 15) is 0 Å². The summed E-state index contributed by atoms with van der Waals surface area (Å²) in [6.45, 7) is 0. The van der Waals surface area contributed by atoms with Crippen molar-refractivity contribution >= 4 is 75.1 Å². The van der Waals surface area contributed by atoms with Gasteiger partial charge in [-0.2, -0.15) is 0 Å². The lowest BCUT2D eigenvalue weighted by molar-refractivity contribution is 1.05. The van der Waals surface area contributed by atoms with Gasteiger partial charge in [-0.25, -0.2) is 19.9 Å². The zero-order valence-electron chi connectivity index (χ0n) is 33.7. The van der Waals surface area contributed by atoms with Crippen LogP contribution in [0.2, 0.25) is 0 Å². The van der Waals surface area contributed by atoms with Crippen LogP contribution < -0.4 is 0 Å². The summed E-state index contributed by atoms with van der Waals surface area (Å²) in [4.78, 5) is 21.2. The molecule has 0 N–H and O–H groups in total. The van der Waals surface area contributed by atoms with Crippen molar-refractivity contribution in [1.29, 1.82) is 0 Å². The molecule has 0 amide bonds. The van der Waals surface area contributed by atoms with Crippen LogP contribution >= 0.6 is 11.3 Å². The highest BCUT2D eigenvalue weighted by atomic mass is 32.1. The fourth-order valence-corrected chi connectivity index (χ4v) is 10.5. The number of nitrogens with zero attached hydrogens (tertiary/aromatic N) is 6. The minimum atomic E-state index is 0.562. The van der Waals surface area contributed by atoms with E-state index in [0.717, 1.165) is 89.0 Å². The van der Waals surface area contributed by atoms with Gasteiger partial charge < -0.3 is 0 Å². The third-order valence-corrected chi connectivity index (χ3v) is 13.3. The van der Waals surface area contributed by atoms with Crippen LogP contribution in [0.4, 0.5) is 0 Å². The van der Waals surface area contributed by atoms with Crippen molar-refractivity contribution in [3.8, 4) is 56.9 Å². The molecule has 6 aromatic heterocycles. The molecule has 6 nitrogen and oxygen atoms in total. The minimum absolute atomic E-state index is 0.562. The minimum Gasteiger partial charge on any atom is -0.292 e. The molecule has 7 aromatic carbocycles. The first-order valence-electron chi connectivity index (χ1n) is 21.1. The lowest BCUT2D eigenvalue weighted by Crippen LogP contribution is -2.03. The van der Waals surface area contributed by atoms with E-state index in [2.05, 4.69) is 173 Å². The van der Waals surface area contributed by atoms with Gasteiger partial charge in [0, 0.05) is 58.4 Å². The molecule has 0 fully saturated rings. The Morgan fingerprint density at radius 2 is 0.794 bits per heavy atom. The molecule has 0 spiro atoms. The number of para-hydroxylation sites is 2. The van der Waals surface area contributed by atoms with Crippen LogP contribution in [0.1, 0.15) is 0 Å². The summed E-state index contributed by atoms with van der Waals surface area (Å²) in [7, 11) is 0. The number of pyridine rings is 2. The molecule has 6 heterocycles. The molecule has 294 valence electrons. The molecule has 0 aliphatic carbocycles. The van der Waals surface area contributed by atoms with E-state index >= 15 is 0 Å². The molecule has 13 rings (SSSR count). The van der Waals surface area contributed by atoms with Crippen LogP contribution in [0.3, 0.4) is 0 Å². The summed E-state index contributed by atoms with van der Waals surface area (Å²) in [5, 5.41) is 7.15. The predicted molar refractivity (Wildman–Crippen MR) is 261 cm³/mol. The van der Waals surface area contributed by atoms with Crippen LogP contribution in [0, 0.1) is 0 Å². The molecule has 0 radical (unpaired) electrons. The smallest absolute Gasteiger partial charge is 0.179 e. The maximum atomic E-state index is 5.46. The number of hydrogen-bond donors (Lipinski definition) is 0. The van der Waals surface area contributed by atoms with E-state index in [0.29, 0.717) is 11.5 Å². The predicted octanol–water partition coefficient (Wildman–Crippen LogP) is 14.5. The summed E-state index contributed by atoms with van der Waals surface area (Å²) < 4.78 is 7.20. The van der Waals surface area contributed by atoms with Gasteiger partial charge in [0.15, 0.2) is 5.82 Å². The molecule has 0 aliphatic heterocycles. The standard InChI is InChI=1S/C56H34N6S/c1-3-15-35(16-4-1)46-34-47(36-17-5-2-6-18-36)60-56(59-46)45-23-14-28-53(58-45)62-49-25-11-8-20-39(49)43-32-31-42-38-19-7-10-24-48(38)61(54(42)55(43)62)52-27-13-22-44(57-52)37-29-30-41-40-21-9-12-26-50(40)63-51(41)33-37/h1-34H. The molecule has 13 aromatic rings. The Morgan fingerprint density at radius 3 is 1.41 bits per heavy atom. The fourth-order valence-electron chi connectivity index (χ4n) is 9.32. The van der Waals surface area contributed by atoms with Crippen molar-refractivity contribution in [1.82, 2.24) is 29.1 Å². The molecule has 0 unspecified atom stereocenters. The maximum absolute atomic E-state index is 5.46. The van der Waals surface area contributed by atoms with Crippen molar-refractivity contribution in [3.63, 3.8) is 0 Å². The van der Waals surface area contributed by atoms with Crippen molar-refractivity contribution in [2.24, 2.45) is 0 Å².